The van der Waals surface area contributed by atoms with Gasteiger partial charge in [-0.25, -0.2) is 4.39 Å². The van der Waals surface area contributed by atoms with Crippen LogP contribution in [-0.4, -0.2) is 44.3 Å². The summed E-state index contributed by atoms with van der Waals surface area (Å²) in [6.07, 6.45) is 0.0549. The lowest BCUT2D eigenvalue weighted by atomic mass is 9.98. The van der Waals surface area contributed by atoms with Crippen molar-refractivity contribution in [2.75, 3.05) is 33.3 Å². The maximum atomic E-state index is 13.7. The van der Waals surface area contributed by atoms with Crippen LogP contribution < -0.4 is 5.32 Å². The molecule has 1 aliphatic heterocycles. The van der Waals surface area contributed by atoms with Crippen molar-refractivity contribution in [3.05, 3.63) is 34.1 Å². The van der Waals surface area contributed by atoms with Crippen molar-refractivity contribution < 1.29 is 9.13 Å². The summed E-state index contributed by atoms with van der Waals surface area (Å²) in [5.74, 6) is -0.223. The Morgan fingerprint density at radius 3 is 3.00 bits per heavy atom. The molecule has 5 heteroatoms. The molecule has 1 heterocycles. The second kappa shape index (κ2) is 6.79. The summed E-state index contributed by atoms with van der Waals surface area (Å²) >= 11 is 3.19. The first kappa shape index (κ1) is 14.9. The van der Waals surface area contributed by atoms with Crippen molar-refractivity contribution in [3.8, 4) is 0 Å². The van der Waals surface area contributed by atoms with Gasteiger partial charge in [-0.05, 0) is 47.2 Å². The summed E-state index contributed by atoms with van der Waals surface area (Å²) in [4.78, 5) is 2.23. The van der Waals surface area contributed by atoms with Crippen molar-refractivity contribution in [1.82, 2.24) is 10.2 Å². The van der Waals surface area contributed by atoms with E-state index in [-0.39, 0.29) is 18.0 Å². The van der Waals surface area contributed by atoms with Gasteiger partial charge in [-0.15, -0.1) is 0 Å². The average Bonchev–Trinajstić information content (AvgIpc) is 2.40. The number of morpholine rings is 1. The molecule has 0 aliphatic carbocycles. The molecular weight excluding hydrogens is 311 g/mol. The third-order valence-electron chi connectivity index (χ3n) is 3.48. The Labute approximate surface area is 122 Å². The Balaban J connectivity index is 2.22. The van der Waals surface area contributed by atoms with Gasteiger partial charge in [0.2, 0.25) is 0 Å². The zero-order valence-electron chi connectivity index (χ0n) is 11.3. The minimum absolute atomic E-state index is 0.0549. The van der Waals surface area contributed by atoms with E-state index in [4.69, 9.17) is 4.74 Å². The van der Waals surface area contributed by atoms with Crippen LogP contribution in [0.25, 0.3) is 0 Å². The molecule has 19 heavy (non-hydrogen) atoms. The number of rotatable bonds is 4. The predicted molar refractivity (Wildman–Crippen MR) is 77.8 cm³/mol. The third-order valence-corrected chi connectivity index (χ3v) is 4.13. The summed E-state index contributed by atoms with van der Waals surface area (Å²) in [6, 6.07) is 5.41. The minimum atomic E-state index is -0.223. The number of likely N-dealkylation sites (N-methyl/N-ethyl adjacent to an activating group) is 2. The van der Waals surface area contributed by atoms with Gasteiger partial charge in [0, 0.05) is 13.1 Å². The SMILES string of the molecule is CCNCC1OCCN(C)C1c1ccc(Br)c(F)c1. The second-order valence-corrected chi connectivity index (χ2v) is 5.67. The number of benzene rings is 1. The molecule has 0 bridgehead atoms. The molecule has 106 valence electrons. The van der Waals surface area contributed by atoms with Gasteiger partial charge in [0.1, 0.15) is 5.82 Å². The smallest absolute Gasteiger partial charge is 0.137 e. The van der Waals surface area contributed by atoms with E-state index in [0.717, 1.165) is 31.8 Å². The van der Waals surface area contributed by atoms with E-state index in [1.165, 1.54) is 0 Å². The Morgan fingerprint density at radius 1 is 1.53 bits per heavy atom. The fourth-order valence-electron chi connectivity index (χ4n) is 2.48. The zero-order chi connectivity index (χ0) is 13.8. The molecule has 3 nitrogen and oxygen atoms in total. The molecule has 1 fully saturated rings. The Hall–Kier alpha value is -0.490. The summed E-state index contributed by atoms with van der Waals surface area (Å²) in [5.41, 5.74) is 0.964. The molecule has 0 aromatic heterocycles. The Kier molecular flexibility index (Phi) is 5.33. The molecule has 2 rings (SSSR count). The second-order valence-electron chi connectivity index (χ2n) is 4.82. The normalized spacial score (nSPS) is 24.6. The molecule has 1 saturated heterocycles. The number of hydrogen-bond donors (Lipinski definition) is 1. The van der Waals surface area contributed by atoms with Crippen molar-refractivity contribution in [1.29, 1.82) is 0 Å². The molecule has 2 atom stereocenters. The van der Waals surface area contributed by atoms with Crippen LogP contribution in [0.1, 0.15) is 18.5 Å². The third kappa shape index (κ3) is 3.54. The standard InChI is InChI=1S/C14H20BrFN2O/c1-3-17-9-13-14(18(2)6-7-19-13)10-4-5-11(15)12(16)8-10/h4-5,8,13-14,17H,3,6-7,9H2,1-2H3. The number of halogens is 2. The molecule has 1 aliphatic rings. The maximum absolute atomic E-state index is 13.7. The molecule has 0 amide bonds. The van der Waals surface area contributed by atoms with Gasteiger partial charge >= 0.3 is 0 Å². The van der Waals surface area contributed by atoms with Gasteiger partial charge in [0.05, 0.1) is 23.2 Å². The molecule has 0 saturated carbocycles. The minimum Gasteiger partial charge on any atom is -0.374 e. The van der Waals surface area contributed by atoms with Crippen molar-refractivity contribution >= 4 is 15.9 Å². The summed E-state index contributed by atoms with van der Waals surface area (Å²) in [6.45, 7) is 5.35. The van der Waals surface area contributed by atoms with E-state index in [9.17, 15) is 4.39 Å². The number of nitrogens with one attached hydrogen (secondary N) is 1. The van der Waals surface area contributed by atoms with Gasteiger partial charge in [-0.2, -0.15) is 0 Å². The quantitative estimate of drug-likeness (QED) is 0.918. The lowest BCUT2D eigenvalue weighted by Gasteiger charge is -2.39. The fraction of sp³-hybridized carbons (Fsp3) is 0.571. The van der Waals surface area contributed by atoms with E-state index < -0.39 is 0 Å². The topological polar surface area (TPSA) is 24.5 Å². The van der Waals surface area contributed by atoms with Crippen LogP contribution in [0.3, 0.4) is 0 Å². The molecule has 2 unspecified atom stereocenters. The van der Waals surface area contributed by atoms with Gasteiger partial charge in [-0.3, -0.25) is 4.90 Å². The maximum Gasteiger partial charge on any atom is 0.137 e. The van der Waals surface area contributed by atoms with Crippen LogP contribution in [-0.2, 0) is 4.74 Å². The van der Waals surface area contributed by atoms with Crippen molar-refractivity contribution in [3.63, 3.8) is 0 Å². The van der Waals surface area contributed by atoms with E-state index >= 15 is 0 Å². The first-order valence-corrected chi connectivity index (χ1v) is 7.40. The summed E-state index contributed by atoms with van der Waals surface area (Å²) in [7, 11) is 2.06. The monoisotopic (exact) mass is 330 g/mol. The zero-order valence-corrected chi connectivity index (χ0v) is 12.9. The van der Waals surface area contributed by atoms with E-state index in [2.05, 4.69) is 40.1 Å². The first-order valence-electron chi connectivity index (χ1n) is 6.61. The fourth-order valence-corrected chi connectivity index (χ4v) is 2.73. The molecule has 0 spiro atoms. The van der Waals surface area contributed by atoms with Crippen LogP contribution in [0, 0.1) is 5.82 Å². The largest absolute Gasteiger partial charge is 0.374 e. The molecule has 0 radical (unpaired) electrons. The molecule has 1 aromatic rings. The lowest BCUT2D eigenvalue weighted by molar-refractivity contribution is -0.0612. The number of hydrogen-bond acceptors (Lipinski definition) is 3. The van der Waals surface area contributed by atoms with Crippen LogP contribution in [0.5, 0.6) is 0 Å². The number of ether oxygens (including phenoxy) is 1. The van der Waals surface area contributed by atoms with Gasteiger partial charge in [0.25, 0.3) is 0 Å². The number of nitrogens with zero attached hydrogens (tertiary/aromatic N) is 1. The van der Waals surface area contributed by atoms with Crippen molar-refractivity contribution in [2.45, 2.75) is 19.1 Å². The highest BCUT2D eigenvalue weighted by Crippen LogP contribution is 2.30. The Morgan fingerprint density at radius 2 is 2.32 bits per heavy atom. The van der Waals surface area contributed by atoms with E-state index in [1.807, 2.05) is 6.07 Å². The average molecular weight is 331 g/mol. The molecular formula is C14H20BrFN2O. The van der Waals surface area contributed by atoms with Crippen molar-refractivity contribution in [2.24, 2.45) is 0 Å². The summed E-state index contributed by atoms with van der Waals surface area (Å²) in [5, 5.41) is 3.31. The highest BCUT2D eigenvalue weighted by atomic mass is 79.9. The van der Waals surface area contributed by atoms with Crippen LogP contribution in [0.2, 0.25) is 0 Å². The van der Waals surface area contributed by atoms with Gasteiger partial charge in [0.15, 0.2) is 0 Å². The van der Waals surface area contributed by atoms with E-state index in [0.29, 0.717) is 4.47 Å². The van der Waals surface area contributed by atoms with E-state index in [1.54, 1.807) is 12.1 Å². The van der Waals surface area contributed by atoms with Gasteiger partial charge in [-0.1, -0.05) is 13.0 Å². The molecule has 1 N–H and O–H groups in total. The van der Waals surface area contributed by atoms with Crippen LogP contribution in [0.15, 0.2) is 22.7 Å². The first-order chi connectivity index (χ1) is 9.13. The highest BCUT2D eigenvalue weighted by Gasteiger charge is 2.31. The predicted octanol–water partition coefficient (Wildman–Crippen LogP) is 2.57. The Bertz CT molecular complexity index is 430. The molecule has 1 aromatic carbocycles. The van der Waals surface area contributed by atoms with Crippen LogP contribution >= 0.6 is 15.9 Å². The van der Waals surface area contributed by atoms with Crippen LogP contribution in [0.4, 0.5) is 4.39 Å². The summed E-state index contributed by atoms with van der Waals surface area (Å²) < 4.78 is 20.1. The lowest BCUT2D eigenvalue weighted by Crippen LogP contribution is -2.47. The highest BCUT2D eigenvalue weighted by molar-refractivity contribution is 9.10. The van der Waals surface area contributed by atoms with Gasteiger partial charge < -0.3 is 10.1 Å².